The molecule has 0 spiro atoms. The minimum Gasteiger partial charge on any atom is -0.497 e. The lowest BCUT2D eigenvalue weighted by molar-refractivity contribution is -0.123. The first kappa shape index (κ1) is 21.8. The number of methoxy groups -OCH3 is 1. The summed E-state index contributed by atoms with van der Waals surface area (Å²) in [5.74, 6) is 0.150. The third-order valence-corrected chi connectivity index (χ3v) is 5.59. The van der Waals surface area contributed by atoms with Crippen LogP contribution in [0.5, 0.6) is 5.75 Å². The molecule has 28 heavy (non-hydrogen) atoms. The first-order valence-electron chi connectivity index (χ1n) is 9.03. The van der Waals surface area contributed by atoms with Crippen molar-refractivity contribution < 1.29 is 17.9 Å². The van der Waals surface area contributed by atoms with Gasteiger partial charge in [-0.1, -0.05) is 36.4 Å². The molecule has 0 heterocycles. The van der Waals surface area contributed by atoms with E-state index < -0.39 is 21.6 Å². The molecular weight excluding hydrogens is 376 g/mol. The molecule has 0 fully saturated rings. The van der Waals surface area contributed by atoms with E-state index in [2.05, 4.69) is 5.32 Å². The van der Waals surface area contributed by atoms with Gasteiger partial charge >= 0.3 is 0 Å². The summed E-state index contributed by atoms with van der Waals surface area (Å²) in [4.78, 5) is 12.9. The number of amides is 1. The summed E-state index contributed by atoms with van der Waals surface area (Å²) < 4.78 is 31.2. The highest BCUT2D eigenvalue weighted by molar-refractivity contribution is 7.92. The Bertz CT molecular complexity index is 911. The Balaban J connectivity index is 2.23. The molecule has 152 valence electrons. The Labute approximate surface area is 167 Å². The van der Waals surface area contributed by atoms with Gasteiger partial charge in [-0.15, -0.1) is 0 Å². The minimum absolute atomic E-state index is 0.367. The van der Waals surface area contributed by atoms with Crippen LogP contribution in [0, 0.1) is 0 Å². The number of rotatable bonds is 8. The molecule has 0 radical (unpaired) electrons. The van der Waals surface area contributed by atoms with Crippen LogP contribution in [0.15, 0.2) is 54.6 Å². The van der Waals surface area contributed by atoms with Crippen LogP contribution in [0.25, 0.3) is 0 Å². The molecule has 0 bridgehead atoms. The van der Waals surface area contributed by atoms with E-state index in [0.717, 1.165) is 16.1 Å². The average molecular weight is 405 g/mol. The number of nitrogens with zero attached hydrogens (tertiary/aromatic N) is 1. The summed E-state index contributed by atoms with van der Waals surface area (Å²) in [6.45, 7) is 5.41. The zero-order valence-electron chi connectivity index (χ0n) is 17.0. The summed E-state index contributed by atoms with van der Waals surface area (Å²) in [6.07, 6.45) is 1.72. The predicted octanol–water partition coefficient (Wildman–Crippen LogP) is 2.99. The van der Waals surface area contributed by atoms with Crippen molar-refractivity contribution in [2.24, 2.45) is 0 Å². The van der Waals surface area contributed by atoms with Crippen LogP contribution >= 0.6 is 0 Å². The number of nitrogens with one attached hydrogen (secondary N) is 1. The van der Waals surface area contributed by atoms with Crippen LogP contribution in [0.3, 0.4) is 0 Å². The molecule has 1 N–H and O–H groups in total. The second-order valence-electron chi connectivity index (χ2n) is 7.47. The zero-order chi connectivity index (χ0) is 20.9. The first-order chi connectivity index (χ1) is 13.0. The number of ether oxygens (including phenoxy) is 1. The molecule has 0 aliphatic rings. The number of carbonyl (C=O) groups excluding carboxylic acids is 1. The predicted molar refractivity (Wildman–Crippen MR) is 112 cm³/mol. The molecule has 1 atom stereocenters. The van der Waals surface area contributed by atoms with Gasteiger partial charge in [0, 0.05) is 11.6 Å². The average Bonchev–Trinajstić information content (AvgIpc) is 2.60. The van der Waals surface area contributed by atoms with Crippen LogP contribution < -0.4 is 14.4 Å². The van der Waals surface area contributed by atoms with Crippen molar-refractivity contribution >= 4 is 21.6 Å². The van der Waals surface area contributed by atoms with Gasteiger partial charge in [0.15, 0.2) is 0 Å². The van der Waals surface area contributed by atoms with Gasteiger partial charge in [0.1, 0.15) is 11.8 Å². The molecule has 0 aliphatic carbocycles. The van der Waals surface area contributed by atoms with E-state index in [1.165, 1.54) is 7.11 Å². The fraction of sp³-hybridized carbons (Fsp3) is 0.381. The zero-order valence-corrected chi connectivity index (χ0v) is 17.8. The molecule has 1 unspecified atom stereocenters. The van der Waals surface area contributed by atoms with Crippen molar-refractivity contribution in [1.82, 2.24) is 5.32 Å². The Morgan fingerprint density at radius 3 is 2.36 bits per heavy atom. The molecule has 2 aromatic carbocycles. The van der Waals surface area contributed by atoms with Gasteiger partial charge in [-0.2, -0.15) is 0 Å². The van der Waals surface area contributed by atoms with E-state index in [9.17, 15) is 13.2 Å². The van der Waals surface area contributed by atoms with Gasteiger partial charge < -0.3 is 10.1 Å². The summed E-state index contributed by atoms with van der Waals surface area (Å²) in [7, 11) is -2.18. The number of sulfonamides is 1. The van der Waals surface area contributed by atoms with E-state index in [4.69, 9.17) is 4.74 Å². The molecule has 2 rings (SSSR count). The second kappa shape index (κ2) is 8.65. The smallest absolute Gasteiger partial charge is 0.244 e. The normalized spacial score (nSPS) is 12.9. The van der Waals surface area contributed by atoms with Crippen LogP contribution in [0.4, 0.5) is 5.69 Å². The molecule has 0 saturated heterocycles. The van der Waals surface area contributed by atoms with Crippen molar-refractivity contribution in [3.8, 4) is 5.75 Å². The molecule has 7 heteroatoms. The van der Waals surface area contributed by atoms with Crippen molar-refractivity contribution in [2.45, 2.75) is 38.8 Å². The van der Waals surface area contributed by atoms with Gasteiger partial charge in [0.25, 0.3) is 0 Å². The van der Waals surface area contributed by atoms with Gasteiger partial charge in [-0.25, -0.2) is 8.42 Å². The SMILES string of the molecule is COc1cccc(N(C(C)C(=O)NC(C)(C)Cc2ccccc2)S(C)(=O)=O)c1. The minimum atomic E-state index is -3.68. The number of anilines is 1. The molecule has 0 aliphatic heterocycles. The third-order valence-electron chi connectivity index (χ3n) is 4.35. The van der Waals surface area contributed by atoms with Crippen molar-refractivity contribution in [2.75, 3.05) is 17.7 Å². The summed E-state index contributed by atoms with van der Waals surface area (Å²) in [5, 5.41) is 2.98. The fourth-order valence-electron chi connectivity index (χ4n) is 3.14. The van der Waals surface area contributed by atoms with E-state index in [1.807, 2.05) is 44.2 Å². The van der Waals surface area contributed by atoms with Gasteiger partial charge in [-0.05, 0) is 44.9 Å². The highest BCUT2D eigenvalue weighted by Crippen LogP contribution is 2.25. The van der Waals surface area contributed by atoms with Crippen molar-refractivity contribution in [3.05, 3.63) is 60.2 Å². The van der Waals surface area contributed by atoms with Crippen molar-refractivity contribution in [3.63, 3.8) is 0 Å². The molecule has 2 aromatic rings. The highest BCUT2D eigenvalue weighted by atomic mass is 32.2. The van der Waals surface area contributed by atoms with Crippen molar-refractivity contribution in [1.29, 1.82) is 0 Å². The Morgan fingerprint density at radius 2 is 1.79 bits per heavy atom. The second-order valence-corrected chi connectivity index (χ2v) is 9.33. The number of hydrogen-bond donors (Lipinski definition) is 1. The first-order valence-corrected chi connectivity index (χ1v) is 10.9. The summed E-state index contributed by atoms with van der Waals surface area (Å²) in [6, 6.07) is 15.6. The fourth-order valence-corrected chi connectivity index (χ4v) is 4.31. The molecular formula is C21H28N2O4S. The lowest BCUT2D eigenvalue weighted by Crippen LogP contribution is -2.54. The maximum Gasteiger partial charge on any atom is 0.244 e. The topological polar surface area (TPSA) is 75.7 Å². The van der Waals surface area contributed by atoms with Crippen LogP contribution in [0.1, 0.15) is 26.3 Å². The Hall–Kier alpha value is -2.54. The van der Waals surface area contributed by atoms with E-state index >= 15 is 0 Å². The lowest BCUT2D eigenvalue weighted by atomic mass is 9.94. The molecule has 0 saturated carbocycles. The monoisotopic (exact) mass is 404 g/mol. The summed E-state index contributed by atoms with van der Waals surface area (Å²) >= 11 is 0. The Kier molecular flexibility index (Phi) is 6.72. The number of benzene rings is 2. The number of carbonyl (C=O) groups is 1. The largest absolute Gasteiger partial charge is 0.497 e. The standard InChI is InChI=1S/C21H28N2O4S/c1-16(20(24)22-21(2,3)15-17-10-7-6-8-11-17)23(28(5,25)26)18-12-9-13-19(14-18)27-4/h6-14,16H,15H2,1-5H3,(H,22,24). The molecule has 1 amide bonds. The van der Waals surface area contributed by atoms with Crippen LogP contribution in [-0.4, -0.2) is 39.3 Å². The van der Waals surface area contributed by atoms with Gasteiger partial charge in [-0.3, -0.25) is 9.10 Å². The maximum absolute atomic E-state index is 12.9. The van der Waals surface area contributed by atoms with Crippen LogP contribution in [0.2, 0.25) is 0 Å². The van der Waals surface area contributed by atoms with Crippen LogP contribution in [-0.2, 0) is 21.2 Å². The maximum atomic E-state index is 12.9. The van der Waals surface area contributed by atoms with E-state index in [0.29, 0.717) is 17.9 Å². The van der Waals surface area contributed by atoms with Gasteiger partial charge in [0.05, 0.1) is 19.1 Å². The third kappa shape index (κ3) is 5.73. The van der Waals surface area contributed by atoms with Gasteiger partial charge in [0.2, 0.25) is 15.9 Å². The Morgan fingerprint density at radius 1 is 1.14 bits per heavy atom. The lowest BCUT2D eigenvalue weighted by Gasteiger charge is -2.33. The summed E-state index contributed by atoms with van der Waals surface area (Å²) in [5.41, 5.74) is 0.933. The quantitative estimate of drug-likeness (QED) is 0.734. The van der Waals surface area contributed by atoms with E-state index in [-0.39, 0.29) is 5.91 Å². The molecule has 6 nitrogen and oxygen atoms in total. The number of hydrogen-bond acceptors (Lipinski definition) is 4. The highest BCUT2D eigenvalue weighted by Gasteiger charge is 2.32. The van der Waals surface area contributed by atoms with E-state index in [1.54, 1.807) is 31.2 Å². The molecule has 0 aromatic heterocycles.